The van der Waals surface area contributed by atoms with Crippen LogP contribution in [0.5, 0.6) is 0 Å². The highest BCUT2D eigenvalue weighted by atomic mass is 19.1. The van der Waals surface area contributed by atoms with Gasteiger partial charge in [0.05, 0.1) is 23.4 Å². The molecule has 0 fully saturated rings. The molecule has 2 N–H and O–H groups in total. The number of imidazole rings is 1. The number of benzene rings is 1. The molecule has 0 radical (unpaired) electrons. The summed E-state index contributed by atoms with van der Waals surface area (Å²) in [6.07, 6.45) is 4.00. The second kappa shape index (κ2) is 7.40. The van der Waals surface area contributed by atoms with Crippen LogP contribution in [0, 0.1) is 5.82 Å². The third-order valence-corrected chi connectivity index (χ3v) is 4.05. The first-order valence-electron chi connectivity index (χ1n) is 8.09. The van der Waals surface area contributed by atoms with Crippen molar-refractivity contribution in [2.75, 3.05) is 19.0 Å². The molecule has 130 valence electrons. The van der Waals surface area contributed by atoms with Crippen molar-refractivity contribution in [3.8, 4) is 22.6 Å². The number of nitrogens with one attached hydrogen (secondary N) is 1. The SMILES string of the molecule is CNc1nccc(-c2c(-c3ccc(F)cc3)ncn2C(C)CCO)n1. The second-order valence-corrected chi connectivity index (χ2v) is 5.73. The molecular formula is C18H20FN5O. The lowest BCUT2D eigenvalue weighted by atomic mass is 10.1. The Morgan fingerprint density at radius 1 is 1.20 bits per heavy atom. The van der Waals surface area contributed by atoms with Crippen LogP contribution >= 0.6 is 0 Å². The molecule has 0 aliphatic heterocycles. The average Bonchev–Trinajstić information content (AvgIpc) is 3.08. The fourth-order valence-electron chi connectivity index (χ4n) is 2.70. The topological polar surface area (TPSA) is 75.9 Å². The van der Waals surface area contributed by atoms with Gasteiger partial charge in [-0.1, -0.05) is 0 Å². The van der Waals surface area contributed by atoms with Crippen molar-refractivity contribution in [3.05, 3.63) is 48.7 Å². The molecule has 0 saturated heterocycles. The molecule has 0 spiro atoms. The lowest BCUT2D eigenvalue weighted by molar-refractivity contribution is 0.263. The van der Waals surface area contributed by atoms with Crippen LogP contribution < -0.4 is 5.32 Å². The molecule has 1 atom stereocenters. The highest BCUT2D eigenvalue weighted by molar-refractivity contribution is 5.77. The Bertz CT molecular complexity index is 847. The van der Waals surface area contributed by atoms with Gasteiger partial charge >= 0.3 is 0 Å². The van der Waals surface area contributed by atoms with E-state index in [1.807, 2.05) is 17.6 Å². The zero-order valence-corrected chi connectivity index (χ0v) is 14.1. The molecule has 0 aliphatic rings. The number of hydrogen-bond donors (Lipinski definition) is 2. The van der Waals surface area contributed by atoms with Crippen molar-refractivity contribution in [2.45, 2.75) is 19.4 Å². The van der Waals surface area contributed by atoms with E-state index in [-0.39, 0.29) is 18.5 Å². The number of halogens is 1. The van der Waals surface area contributed by atoms with E-state index in [2.05, 4.69) is 20.3 Å². The van der Waals surface area contributed by atoms with Crippen molar-refractivity contribution < 1.29 is 9.50 Å². The summed E-state index contributed by atoms with van der Waals surface area (Å²) in [5.74, 6) is 0.211. The number of aliphatic hydroxyl groups excluding tert-OH is 1. The van der Waals surface area contributed by atoms with Crippen LogP contribution in [0.25, 0.3) is 22.6 Å². The van der Waals surface area contributed by atoms with Crippen LogP contribution in [0.4, 0.5) is 10.3 Å². The van der Waals surface area contributed by atoms with Crippen LogP contribution in [-0.2, 0) is 0 Å². The monoisotopic (exact) mass is 341 g/mol. The van der Waals surface area contributed by atoms with Crippen molar-refractivity contribution in [1.82, 2.24) is 19.5 Å². The van der Waals surface area contributed by atoms with E-state index in [0.717, 1.165) is 11.3 Å². The van der Waals surface area contributed by atoms with Gasteiger partial charge in [0.1, 0.15) is 5.82 Å². The maximum absolute atomic E-state index is 13.3. The van der Waals surface area contributed by atoms with Gasteiger partial charge in [-0.15, -0.1) is 0 Å². The molecule has 0 amide bonds. The maximum atomic E-state index is 13.3. The van der Waals surface area contributed by atoms with Crippen LogP contribution in [0.3, 0.4) is 0 Å². The second-order valence-electron chi connectivity index (χ2n) is 5.73. The quantitative estimate of drug-likeness (QED) is 0.720. The Kier molecular flexibility index (Phi) is 5.04. The summed E-state index contributed by atoms with van der Waals surface area (Å²) in [5.41, 5.74) is 3.04. The Balaban J connectivity index is 2.17. The number of aliphatic hydroxyl groups is 1. The number of anilines is 1. The molecule has 0 bridgehead atoms. The lowest BCUT2D eigenvalue weighted by Gasteiger charge is -2.16. The summed E-state index contributed by atoms with van der Waals surface area (Å²) in [5, 5.41) is 12.2. The number of aromatic nitrogens is 4. The minimum absolute atomic E-state index is 0.0368. The zero-order valence-electron chi connectivity index (χ0n) is 14.1. The molecule has 0 saturated carbocycles. The van der Waals surface area contributed by atoms with Crippen molar-refractivity contribution >= 4 is 5.95 Å². The van der Waals surface area contributed by atoms with Crippen molar-refractivity contribution in [3.63, 3.8) is 0 Å². The molecule has 1 aromatic carbocycles. The van der Waals surface area contributed by atoms with E-state index in [9.17, 15) is 9.50 Å². The van der Waals surface area contributed by atoms with Crippen LogP contribution in [0.1, 0.15) is 19.4 Å². The van der Waals surface area contributed by atoms with Gasteiger partial charge in [-0.25, -0.2) is 19.3 Å². The van der Waals surface area contributed by atoms with Gasteiger partial charge in [0.2, 0.25) is 5.95 Å². The predicted molar refractivity (Wildman–Crippen MR) is 94.6 cm³/mol. The smallest absolute Gasteiger partial charge is 0.222 e. The van der Waals surface area contributed by atoms with E-state index >= 15 is 0 Å². The summed E-state index contributed by atoms with van der Waals surface area (Å²) in [7, 11) is 1.76. The van der Waals surface area contributed by atoms with E-state index in [1.54, 1.807) is 31.7 Å². The lowest BCUT2D eigenvalue weighted by Crippen LogP contribution is -2.09. The highest BCUT2D eigenvalue weighted by Crippen LogP contribution is 2.33. The van der Waals surface area contributed by atoms with E-state index in [0.29, 0.717) is 23.8 Å². The number of rotatable bonds is 6. The van der Waals surface area contributed by atoms with Crippen LogP contribution in [0.15, 0.2) is 42.9 Å². The predicted octanol–water partition coefficient (Wildman–Crippen LogP) is 3.13. The first-order chi connectivity index (χ1) is 12.1. The van der Waals surface area contributed by atoms with Crippen LogP contribution in [-0.4, -0.2) is 38.3 Å². The van der Waals surface area contributed by atoms with Crippen molar-refractivity contribution in [2.24, 2.45) is 0 Å². The molecule has 3 aromatic rings. The third kappa shape index (κ3) is 3.51. The summed E-state index contributed by atoms with van der Waals surface area (Å²) < 4.78 is 15.3. The van der Waals surface area contributed by atoms with Crippen LogP contribution in [0.2, 0.25) is 0 Å². The summed E-state index contributed by atoms with van der Waals surface area (Å²) in [6.45, 7) is 2.09. The van der Waals surface area contributed by atoms with Gasteiger partial charge in [-0.2, -0.15) is 0 Å². The van der Waals surface area contributed by atoms with E-state index in [4.69, 9.17) is 0 Å². The average molecular weight is 341 g/mol. The Labute approximate surface area is 145 Å². The molecular weight excluding hydrogens is 321 g/mol. The minimum Gasteiger partial charge on any atom is -0.396 e. The highest BCUT2D eigenvalue weighted by Gasteiger charge is 2.19. The summed E-state index contributed by atoms with van der Waals surface area (Å²) in [4.78, 5) is 13.2. The van der Waals surface area contributed by atoms with Gasteiger partial charge < -0.3 is 15.0 Å². The molecule has 7 heteroatoms. The Morgan fingerprint density at radius 3 is 2.64 bits per heavy atom. The van der Waals surface area contributed by atoms with Gasteiger partial charge in [0.25, 0.3) is 0 Å². The largest absolute Gasteiger partial charge is 0.396 e. The van der Waals surface area contributed by atoms with Gasteiger partial charge in [-0.05, 0) is 43.7 Å². The molecule has 6 nitrogen and oxygen atoms in total. The molecule has 25 heavy (non-hydrogen) atoms. The molecule has 0 aliphatic carbocycles. The van der Waals surface area contributed by atoms with Crippen molar-refractivity contribution in [1.29, 1.82) is 0 Å². The van der Waals surface area contributed by atoms with Gasteiger partial charge in [0.15, 0.2) is 0 Å². The normalized spacial score (nSPS) is 12.2. The van der Waals surface area contributed by atoms with E-state index < -0.39 is 0 Å². The summed E-state index contributed by atoms with van der Waals surface area (Å²) >= 11 is 0. The van der Waals surface area contributed by atoms with E-state index in [1.165, 1.54) is 12.1 Å². The Morgan fingerprint density at radius 2 is 1.96 bits per heavy atom. The molecule has 1 unspecified atom stereocenters. The molecule has 2 heterocycles. The molecule has 2 aromatic heterocycles. The third-order valence-electron chi connectivity index (χ3n) is 4.05. The zero-order chi connectivity index (χ0) is 17.8. The number of hydrogen-bond acceptors (Lipinski definition) is 5. The Hall–Kier alpha value is -2.80. The minimum atomic E-state index is -0.294. The standard InChI is InChI=1S/C18H20FN5O/c1-12(8-10-25)24-11-22-16(13-3-5-14(19)6-4-13)17(24)15-7-9-21-18(20-2)23-15/h3-7,9,11-12,25H,8,10H2,1-2H3,(H,20,21,23). The van der Waals surface area contributed by atoms with Gasteiger partial charge in [-0.3, -0.25) is 0 Å². The molecule has 3 rings (SSSR count). The first kappa shape index (κ1) is 17.0. The fourth-order valence-corrected chi connectivity index (χ4v) is 2.70. The maximum Gasteiger partial charge on any atom is 0.222 e. The van der Waals surface area contributed by atoms with Gasteiger partial charge in [0, 0.05) is 31.5 Å². The summed E-state index contributed by atoms with van der Waals surface area (Å²) in [6, 6.07) is 8.06. The fraction of sp³-hybridized carbons (Fsp3) is 0.278. The number of nitrogens with zero attached hydrogens (tertiary/aromatic N) is 4. The first-order valence-corrected chi connectivity index (χ1v) is 8.09.